The van der Waals surface area contributed by atoms with Gasteiger partial charge in [0.05, 0.1) is 18.6 Å². The minimum Gasteiger partial charge on any atom is -0.496 e. The number of ether oxygens (including phenoxy) is 2. The molecule has 0 aliphatic carbocycles. The number of piperidine rings is 1. The summed E-state index contributed by atoms with van der Waals surface area (Å²) >= 11 is 0. The van der Waals surface area contributed by atoms with Crippen LogP contribution in [0.3, 0.4) is 0 Å². The molecule has 4 rings (SSSR count). The molecule has 0 bridgehead atoms. The van der Waals surface area contributed by atoms with Crippen LogP contribution in [-0.4, -0.2) is 52.0 Å². The fourth-order valence-electron chi connectivity index (χ4n) is 4.32. The molecule has 0 atom stereocenters. The van der Waals surface area contributed by atoms with E-state index in [0.29, 0.717) is 44.0 Å². The van der Waals surface area contributed by atoms with Gasteiger partial charge in [-0.05, 0) is 65.9 Å². The molecule has 1 aliphatic heterocycles. The standard InChI is InChI=1S/C27H32N2O5S/c1-33-26-13-12-25(35(31,32)29-16-5-2-6-17-29)20-23(26)10-14-27(30)28-15-18-34-24-11-9-21-7-3-4-8-22(21)19-24/h3-4,7-9,11-13,19-20H,2,5-6,10,14-18H2,1H3,(H,28,30). The van der Waals surface area contributed by atoms with E-state index in [0.717, 1.165) is 35.8 Å². The fraction of sp³-hybridized carbons (Fsp3) is 0.370. The van der Waals surface area contributed by atoms with Crippen LogP contribution in [-0.2, 0) is 21.2 Å². The SMILES string of the molecule is COc1ccc(S(=O)(=O)N2CCCCC2)cc1CCC(=O)NCCOc1ccc2ccccc2c1. The molecule has 8 heteroatoms. The number of fused-ring (bicyclic) bond motifs is 1. The van der Waals surface area contributed by atoms with Crippen LogP contribution in [0, 0.1) is 0 Å². The zero-order valence-electron chi connectivity index (χ0n) is 20.0. The molecule has 3 aromatic carbocycles. The van der Waals surface area contributed by atoms with Crippen LogP contribution in [0.2, 0.25) is 0 Å². The van der Waals surface area contributed by atoms with Crippen LogP contribution in [0.1, 0.15) is 31.2 Å². The first kappa shape index (κ1) is 25.0. The van der Waals surface area contributed by atoms with Crippen molar-refractivity contribution in [1.29, 1.82) is 0 Å². The summed E-state index contributed by atoms with van der Waals surface area (Å²) in [5.41, 5.74) is 0.702. The Hall–Kier alpha value is -3.10. The number of sulfonamides is 1. The lowest BCUT2D eigenvalue weighted by atomic mass is 10.1. The van der Waals surface area contributed by atoms with Gasteiger partial charge in [0.1, 0.15) is 18.1 Å². The quantitative estimate of drug-likeness (QED) is 0.426. The van der Waals surface area contributed by atoms with Crippen molar-refractivity contribution < 1.29 is 22.7 Å². The number of hydrogen-bond donors (Lipinski definition) is 1. The topological polar surface area (TPSA) is 84.9 Å². The summed E-state index contributed by atoms with van der Waals surface area (Å²) in [6, 6.07) is 18.9. The van der Waals surface area contributed by atoms with E-state index in [4.69, 9.17) is 9.47 Å². The lowest BCUT2D eigenvalue weighted by Crippen LogP contribution is -2.35. The Morgan fingerprint density at radius 1 is 0.971 bits per heavy atom. The Kier molecular flexibility index (Phi) is 8.25. The molecule has 186 valence electrons. The van der Waals surface area contributed by atoms with Gasteiger partial charge in [0, 0.05) is 19.5 Å². The molecule has 3 aromatic rings. The van der Waals surface area contributed by atoms with E-state index >= 15 is 0 Å². The number of hydrogen-bond acceptors (Lipinski definition) is 5. The maximum atomic E-state index is 13.0. The lowest BCUT2D eigenvalue weighted by molar-refractivity contribution is -0.121. The van der Waals surface area contributed by atoms with E-state index in [9.17, 15) is 13.2 Å². The van der Waals surface area contributed by atoms with E-state index in [2.05, 4.69) is 5.32 Å². The van der Waals surface area contributed by atoms with Crippen LogP contribution in [0.25, 0.3) is 10.8 Å². The number of aryl methyl sites for hydroxylation is 1. The molecule has 35 heavy (non-hydrogen) atoms. The zero-order valence-corrected chi connectivity index (χ0v) is 20.9. The molecular weight excluding hydrogens is 464 g/mol. The van der Waals surface area contributed by atoms with Crippen LogP contribution >= 0.6 is 0 Å². The Morgan fingerprint density at radius 2 is 1.74 bits per heavy atom. The molecule has 0 spiro atoms. The fourth-order valence-corrected chi connectivity index (χ4v) is 5.89. The van der Waals surface area contributed by atoms with Crippen molar-refractivity contribution in [3.63, 3.8) is 0 Å². The van der Waals surface area contributed by atoms with E-state index in [-0.39, 0.29) is 17.2 Å². The molecule has 1 amide bonds. The minimum absolute atomic E-state index is 0.126. The molecular formula is C27H32N2O5S. The van der Waals surface area contributed by atoms with Gasteiger partial charge < -0.3 is 14.8 Å². The number of carbonyl (C=O) groups is 1. The van der Waals surface area contributed by atoms with Gasteiger partial charge in [-0.15, -0.1) is 0 Å². The van der Waals surface area contributed by atoms with Crippen molar-refractivity contribution in [3.8, 4) is 11.5 Å². The number of benzene rings is 3. The highest BCUT2D eigenvalue weighted by Gasteiger charge is 2.26. The van der Waals surface area contributed by atoms with Crippen molar-refractivity contribution in [3.05, 3.63) is 66.2 Å². The Morgan fingerprint density at radius 3 is 2.51 bits per heavy atom. The summed E-state index contributed by atoms with van der Waals surface area (Å²) in [4.78, 5) is 12.6. The summed E-state index contributed by atoms with van der Waals surface area (Å²) in [5, 5.41) is 5.12. The maximum Gasteiger partial charge on any atom is 0.243 e. The molecule has 0 unspecified atom stereocenters. The van der Waals surface area contributed by atoms with Crippen molar-refractivity contribution in [2.75, 3.05) is 33.4 Å². The van der Waals surface area contributed by atoms with E-state index < -0.39 is 10.0 Å². The average Bonchev–Trinajstić information content (AvgIpc) is 2.90. The van der Waals surface area contributed by atoms with Gasteiger partial charge in [-0.3, -0.25) is 4.79 Å². The zero-order chi connectivity index (χ0) is 24.7. The van der Waals surface area contributed by atoms with Crippen LogP contribution < -0.4 is 14.8 Å². The van der Waals surface area contributed by atoms with Gasteiger partial charge in [-0.2, -0.15) is 4.31 Å². The largest absolute Gasteiger partial charge is 0.496 e. The van der Waals surface area contributed by atoms with Crippen LogP contribution in [0.5, 0.6) is 11.5 Å². The second-order valence-corrected chi connectivity index (χ2v) is 10.6. The molecule has 7 nitrogen and oxygen atoms in total. The van der Waals surface area contributed by atoms with E-state index in [1.807, 2.05) is 42.5 Å². The van der Waals surface area contributed by atoms with Gasteiger partial charge in [-0.1, -0.05) is 36.8 Å². The minimum atomic E-state index is -3.55. The third kappa shape index (κ3) is 6.32. The first-order chi connectivity index (χ1) is 17.0. The van der Waals surface area contributed by atoms with Gasteiger partial charge in [0.2, 0.25) is 15.9 Å². The van der Waals surface area contributed by atoms with Gasteiger partial charge in [0.25, 0.3) is 0 Å². The number of carbonyl (C=O) groups excluding carboxylic acids is 1. The predicted molar refractivity (Wildman–Crippen MR) is 136 cm³/mol. The predicted octanol–water partition coefficient (Wildman–Crippen LogP) is 4.15. The number of nitrogens with one attached hydrogen (secondary N) is 1. The highest BCUT2D eigenvalue weighted by Crippen LogP contribution is 2.27. The summed E-state index contributed by atoms with van der Waals surface area (Å²) in [7, 11) is -2.00. The molecule has 1 heterocycles. The molecule has 1 N–H and O–H groups in total. The highest BCUT2D eigenvalue weighted by atomic mass is 32.2. The smallest absolute Gasteiger partial charge is 0.243 e. The number of methoxy groups -OCH3 is 1. The van der Waals surface area contributed by atoms with Gasteiger partial charge in [0.15, 0.2) is 0 Å². The molecule has 1 aliphatic rings. The number of rotatable bonds is 10. The highest BCUT2D eigenvalue weighted by molar-refractivity contribution is 7.89. The van der Waals surface area contributed by atoms with Crippen molar-refractivity contribution in [1.82, 2.24) is 9.62 Å². The number of amides is 1. The first-order valence-electron chi connectivity index (χ1n) is 12.0. The Labute approximate surface area is 207 Å². The first-order valence-corrected chi connectivity index (χ1v) is 13.5. The maximum absolute atomic E-state index is 13.0. The monoisotopic (exact) mass is 496 g/mol. The van der Waals surface area contributed by atoms with E-state index in [1.165, 1.54) is 0 Å². The van der Waals surface area contributed by atoms with Crippen LogP contribution in [0.15, 0.2) is 65.6 Å². The second kappa shape index (κ2) is 11.6. The molecule has 0 saturated carbocycles. The Balaban J connectivity index is 1.29. The summed E-state index contributed by atoms with van der Waals surface area (Å²) in [6.45, 7) is 1.84. The summed E-state index contributed by atoms with van der Waals surface area (Å²) in [5.74, 6) is 1.21. The number of nitrogens with zero attached hydrogens (tertiary/aromatic N) is 1. The van der Waals surface area contributed by atoms with E-state index in [1.54, 1.807) is 29.6 Å². The van der Waals surface area contributed by atoms with Crippen molar-refractivity contribution in [2.45, 2.75) is 37.0 Å². The molecule has 0 radical (unpaired) electrons. The lowest BCUT2D eigenvalue weighted by Gasteiger charge is -2.26. The summed E-state index contributed by atoms with van der Waals surface area (Å²) < 4.78 is 38.8. The molecule has 1 fully saturated rings. The van der Waals surface area contributed by atoms with Gasteiger partial charge in [-0.25, -0.2) is 8.42 Å². The van der Waals surface area contributed by atoms with Crippen molar-refractivity contribution in [2.24, 2.45) is 0 Å². The summed E-state index contributed by atoms with van der Waals surface area (Å²) in [6.07, 6.45) is 3.42. The Bertz CT molecular complexity index is 1270. The molecule has 1 saturated heterocycles. The average molecular weight is 497 g/mol. The molecule has 0 aromatic heterocycles. The second-order valence-electron chi connectivity index (χ2n) is 8.65. The van der Waals surface area contributed by atoms with Gasteiger partial charge >= 0.3 is 0 Å². The third-order valence-electron chi connectivity index (χ3n) is 6.24. The van der Waals surface area contributed by atoms with Crippen molar-refractivity contribution >= 4 is 26.7 Å². The third-order valence-corrected chi connectivity index (χ3v) is 8.13. The normalized spacial score (nSPS) is 14.5. The van der Waals surface area contributed by atoms with Crippen LogP contribution in [0.4, 0.5) is 0 Å².